The monoisotopic (exact) mass is 472 g/mol. The van der Waals surface area contributed by atoms with Gasteiger partial charge < -0.3 is 4.74 Å². The zero-order chi connectivity index (χ0) is 24.4. The largest absolute Gasteiger partial charge is 0.462 e. The first kappa shape index (κ1) is 30.7. The van der Waals surface area contributed by atoms with E-state index in [0.29, 0.717) is 12.2 Å². The Morgan fingerprint density at radius 1 is 0.500 bits per heavy atom. The molecule has 196 valence electrons. The third kappa shape index (κ3) is 20.1. The van der Waals surface area contributed by atoms with E-state index in [-0.39, 0.29) is 5.97 Å². The maximum Gasteiger partial charge on any atom is 0.338 e. The fourth-order valence-electron chi connectivity index (χ4n) is 4.71. The third-order valence-electron chi connectivity index (χ3n) is 6.99. The molecule has 0 bridgehead atoms. The molecule has 0 heterocycles. The molecule has 0 aliphatic heterocycles. The van der Waals surface area contributed by atoms with Gasteiger partial charge in [-0.2, -0.15) is 0 Å². The number of ether oxygens (including phenoxy) is 1. The molecule has 2 heteroatoms. The molecule has 1 aromatic carbocycles. The summed E-state index contributed by atoms with van der Waals surface area (Å²) in [4.78, 5) is 11.8. The van der Waals surface area contributed by atoms with Gasteiger partial charge in [-0.05, 0) is 18.6 Å². The molecule has 0 N–H and O–H groups in total. The molecule has 0 aliphatic rings. The molecule has 1 rings (SSSR count). The van der Waals surface area contributed by atoms with Crippen LogP contribution in [0.2, 0.25) is 0 Å². The lowest BCUT2D eigenvalue weighted by molar-refractivity contribution is 0.0497. The van der Waals surface area contributed by atoms with E-state index in [0.717, 1.165) is 6.42 Å². The molecule has 0 unspecified atom stereocenters. The van der Waals surface area contributed by atoms with Crippen LogP contribution < -0.4 is 0 Å². The standard InChI is InChI=1S/C32H56O2/c1-2-3-4-5-6-7-8-9-10-11-12-13-14-15-16-17-18-19-20-21-22-23-27-30-34-32(33)31-28-25-24-26-29-31/h24-26,28-29H,2-23,27,30H2,1H3. The van der Waals surface area contributed by atoms with Crippen LogP contribution in [0.25, 0.3) is 0 Å². The summed E-state index contributed by atoms with van der Waals surface area (Å²) in [6.45, 7) is 2.84. The highest BCUT2D eigenvalue weighted by Crippen LogP contribution is 2.15. The first-order valence-electron chi connectivity index (χ1n) is 15.1. The van der Waals surface area contributed by atoms with Crippen LogP contribution in [-0.2, 0) is 4.74 Å². The van der Waals surface area contributed by atoms with Crippen LogP contribution in [0.1, 0.15) is 165 Å². The predicted molar refractivity (Wildman–Crippen MR) is 149 cm³/mol. The molecular weight excluding hydrogens is 416 g/mol. The molecule has 0 saturated heterocycles. The van der Waals surface area contributed by atoms with Gasteiger partial charge in [-0.25, -0.2) is 4.79 Å². The van der Waals surface area contributed by atoms with Crippen LogP contribution in [0.3, 0.4) is 0 Å². The van der Waals surface area contributed by atoms with Crippen LogP contribution in [0.4, 0.5) is 0 Å². The van der Waals surface area contributed by atoms with Gasteiger partial charge in [-0.1, -0.05) is 166 Å². The van der Waals surface area contributed by atoms with Gasteiger partial charge >= 0.3 is 5.97 Å². The molecule has 34 heavy (non-hydrogen) atoms. The van der Waals surface area contributed by atoms with Gasteiger partial charge in [-0.3, -0.25) is 0 Å². The van der Waals surface area contributed by atoms with Crippen molar-refractivity contribution in [2.75, 3.05) is 6.61 Å². The Balaban J connectivity index is 1.68. The average molecular weight is 473 g/mol. The Labute approximate surface area is 212 Å². The lowest BCUT2D eigenvalue weighted by Crippen LogP contribution is -2.06. The summed E-state index contributed by atoms with van der Waals surface area (Å²) >= 11 is 0. The molecular formula is C32H56O2. The number of carbonyl (C=O) groups excluding carboxylic acids is 1. The van der Waals surface area contributed by atoms with E-state index in [1.54, 1.807) is 0 Å². The molecule has 0 atom stereocenters. The maximum absolute atomic E-state index is 11.8. The van der Waals surface area contributed by atoms with Crippen LogP contribution in [-0.4, -0.2) is 12.6 Å². The van der Waals surface area contributed by atoms with Crippen LogP contribution >= 0.6 is 0 Å². The molecule has 0 radical (unpaired) electrons. The number of unbranched alkanes of at least 4 members (excludes halogenated alkanes) is 22. The summed E-state index contributed by atoms with van der Waals surface area (Å²) in [7, 11) is 0. The van der Waals surface area contributed by atoms with Crippen molar-refractivity contribution in [1.82, 2.24) is 0 Å². The SMILES string of the molecule is CCCCCCCCCCCCCCCCCCCCCCCCCOC(=O)c1ccccc1. The number of esters is 1. The second-order valence-electron chi connectivity index (χ2n) is 10.3. The Bertz CT molecular complexity index is 539. The number of hydrogen-bond donors (Lipinski definition) is 0. The maximum atomic E-state index is 11.8. The predicted octanol–water partition coefficient (Wildman–Crippen LogP) is 10.8. The van der Waals surface area contributed by atoms with Crippen LogP contribution in [0.15, 0.2) is 30.3 Å². The smallest absolute Gasteiger partial charge is 0.338 e. The minimum absolute atomic E-state index is 0.195. The van der Waals surface area contributed by atoms with Crippen LogP contribution in [0.5, 0.6) is 0 Å². The number of carbonyl (C=O) groups is 1. The minimum Gasteiger partial charge on any atom is -0.462 e. The number of rotatable bonds is 25. The number of benzene rings is 1. The number of hydrogen-bond acceptors (Lipinski definition) is 2. The summed E-state index contributed by atoms with van der Waals surface area (Å²) in [5, 5.41) is 0. The highest BCUT2D eigenvalue weighted by Gasteiger charge is 2.04. The van der Waals surface area contributed by atoms with Gasteiger partial charge in [0.25, 0.3) is 0 Å². The molecule has 0 saturated carbocycles. The molecule has 0 amide bonds. The quantitative estimate of drug-likeness (QED) is 0.104. The highest BCUT2D eigenvalue weighted by atomic mass is 16.5. The van der Waals surface area contributed by atoms with E-state index in [2.05, 4.69) is 6.92 Å². The van der Waals surface area contributed by atoms with Crippen molar-refractivity contribution in [1.29, 1.82) is 0 Å². The molecule has 0 aromatic heterocycles. The molecule has 0 spiro atoms. The zero-order valence-electron chi connectivity index (χ0n) is 22.7. The second kappa shape index (κ2) is 24.8. The summed E-state index contributed by atoms with van der Waals surface area (Å²) in [5.41, 5.74) is 0.650. The Morgan fingerprint density at radius 3 is 1.18 bits per heavy atom. The van der Waals surface area contributed by atoms with Gasteiger partial charge in [0, 0.05) is 0 Å². The molecule has 0 aliphatic carbocycles. The van der Waals surface area contributed by atoms with Crippen LogP contribution in [0, 0.1) is 0 Å². The third-order valence-corrected chi connectivity index (χ3v) is 6.99. The van der Waals surface area contributed by atoms with E-state index >= 15 is 0 Å². The van der Waals surface area contributed by atoms with Crippen molar-refractivity contribution in [3.63, 3.8) is 0 Å². The van der Waals surface area contributed by atoms with Crippen molar-refractivity contribution in [2.24, 2.45) is 0 Å². The van der Waals surface area contributed by atoms with Crippen molar-refractivity contribution in [3.05, 3.63) is 35.9 Å². The summed E-state index contributed by atoms with van der Waals surface area (Å²) in [5.74, 6) is -0.195. The van der Waals surface area contributed by atoms with E-state index in [9.17, 15) is 4.79 Å². The van der Waals surface area contributed by atoms with Crippen molar-refractivity contribution in [3.8, 4) is 0 Å². The van der Waals surface area contributed by atoms with E-state index in [4.69, 9.17) is 4.74 Å². The fourth-order valence-corrected chi connectivity index (χ4v) is 4.71. The fraction of sp³-hybridized carbons (Fsp3) is 0.781. The lowest BCUT2D eigenvalue weighted by atomic mass is 10.0. The van der Waals surface area contributed by atoms with Gasteiger partial charge in [0.05, 0.1) is 12.2 Å². The minimum atomic E-state index is -0.195. The average Bonchev–Trinajstić information content (AvgIpc) is 2.87. The van der Waals surface area contributed by atoms with Gasteiger partial charge in [-0.15, -0.1) is 0 Å². The first-order chi connectivity index (χ1) is 16.8. The molecule has 0 fully saturated rings. The van der Waals surface area contributed by atoms with Crippen molar-refractivity contribution >= 4 is 5.97 Å². The summed E-state index contributed by atoms with van der Waals surface area (Å²) in [6, 6.07) is 9.27. The van der Waals surface area contributed by atoms with E-state index < -0.39 is 0 Å². The second-order valence-corrected chi connectivity index (χ2v) is 10.3. The van der Waals surface area contributed by atoms with Crippen molar-refractivity contribution < 1.29 is 9.53 Å². The van der Waals surface area contributed by atoms with E-state index in [1.165, 1.54) is 141 Å². The van der Waals surface area contributed by atoms with Gasteiger partial charge in [0.15, 0.2) is 0 Å². The first-order valence-corrected chi connectivity index (χ1v) is 15.1. The molecule has 1 aromatic rings. The molecule has 2 nitrogen and oxygen atoms in total. The topological polar surface area (TPSA) is 26.3 Å². The summed E-state index contributed by atoms with van der Waals surface area (Å²) in [6.07, 6.45) is 32.1. The van der Waals surface area contributed by atoms with Gasteiger partial charge in [0.2, 0.25) is 0 Å². The Hall–Kier alpha value is -1.31. The van der Waals surface area contributed by atoms with Crippen molar-refractivity contribution in [2.45, 2.75) is 155 Å². The zero-order valence-corrected chi connectivity index (χ0v) is 22.7. The normalized spacial score (nSPS) is 11.1. The van der Waals surface area contributed by atoms with Gasteiger partial charge in [0.1, 0.15) is 0 Å². The highest BCUT2D eigenvalue weighted by molar-refractivity contribution is 5.89. The summed E-state index contributed by atoms with van der Waals surface area (Å²) < 4.78 is 5.34. The Morgan fingerprint density at radius 2 is 0.824 bits per heavy atom. The van der Waals surface area contributed by atoms with E-state index in [1.807, 2.05) is 30.3 Å². The Kier molecular flexibility index (Phi) is 22.4. The lowest BCUT2D eigenvalue weighted by Gasteiger charge is -2.05.